The molecule has 0 unspecified atom stereocenters. The van der Waals surface area contributed by atoms with Crippen LogP contribution in [0, 0.1) is 5.92 Å². The van der Waals surface area contributed by atoms with Crippen molar-refractivity contribution in [1.82, 2.24) is 9.88 Å². The Morgan fingerprint density at radius 3 is 2.64 bits per heavy atom. The van der Waals surface area contributed by atoms with Gasteiger partial charge in [0.25, 0.3) is 5.91 Å². The van der Waals surface area contributed by atoms with Gasteiger partial charge in [0.1, 0.15) is 12.3 Å². The summed E-state index contributed by atoms with van der Waals surface area (Å²) in [6.07, 6.45) is 3.16. The Morgan fingerprint density at radius 1 is 1.21 bits per heavy atom. The lowest BCUT2D eigenvalue weighted by atomic mass is 10.0. The minimum atomic E-state index is -0.576. The molecule has 2 aromatic rings. The minimum absolute atomic E-state index is 0.0196. The second-order valence-corrected chi connectivity index (χ2v) is 7.75. The fourth-order valence-electron chi connectivity index (χ4n) is 3.52. The number of aromatic nitrogens is 1. The molecule has 6 heteroatoms. The van der Waals surface area contributed by atoms with Gasteiger partial charge in [-0.05, 0) is 43.0 Å². The van der Waals surface area contributed by atoms with Crippen LogP contribution in [0.15, 0.2) is 48.7 Å². The lowest BCUT2D eigenvalue weighted by Gasteiger charge is -2.36. The van der Waals surface area contributed by atoms with Crippen molar-refractivity contribution in [3.05, 3.63) is 54.4 Å². The lowest BCUT2D eigenvalue weighted by molar-refractivity contribution is -0.135. The molecule has 1 fully saturated rings. The smallest absolute Gasteiger partial charge is 0.268 e. The van der Waals surface area contributed by atoms with E-state index in [1.54, 1.807) is 11.1 Å². The van der Waals surface area contributed by atoms with Crippen LogP contribution in [0.2, 0.25) is 0 Å². The van der Waals surface area contributed by atoms with Crippen molar-refractivity contribution in [2.45, 2.75) is 45.4 Å². The molecule has 0 spiro atoms. The largest absolute Gasteiger partial charge is 0.478 e. The Kier molecular flexibility index (Phi) is 5.03. The first-order chi connectivity index (χ1) is 13.5. The van der Waals surface area contributed by atoms with Crippen LogP contribution in [-0.2, 0) is 16.1 Å². The average molecular weight is 379 g/mol. The van der Waals surface area contributed by atoms with Gasteiger partial charge in [-0.2, -0.15) is 0 Å². The Balaban J connectivity index is 1.57. The van der Waals surface area contributed by atoms with Gasteiger partial charge in [-0.1, -0.05) is 32.0 Å². The summed E-state index contributed by atoms with van der Waals surface area (Å²) in [6.45, 7) is 4.39. The summed E-state index contributed by atoms with van der Waals surface area (Å²) < 4.78 is 5.91. The zero-order valence-electron chi connectivity index (χ0n) is 16.2. The maximum absolute atomic E-state index is 13.2. The van der Waals surface area contributed by atoms with Crippen LogP contribution in [0.25, 0.3) is 0 Å². The number of rotatable bonds is 6. The van der Waals surface area contributed by atoms with E-state index in [2.05, 4.69) is 4.98 Å². The first-order valence-corrected chi connectivity index (χ1v) is 9.81. The van der Waals surface area contributed by atoms with Gasteiger partial charge in [0, 0.05) is 12.2 Å². The van der Waals surface area contributed by atoms with Crippen molar-refractivity contribution >= 4 is 17.5 Å². The van der Waals surface area contributed by atoms with Crippen LogP contribution in [0.4, 0.5) is 5.69 Å². The second-order valence-electron chi connectivity index (χ2n) is 7.75. The van der Waals surface area contributed by atoms with Gasteiger partial charge in [-0.25, -0.2) is 0 Å². The quantitative estimate of drug-likeness (QED) is 0.774. The number of hydrogen-bond donors (Lipinski definition) is 0. The zero-order valence-corrected chi connectivity index (χ0v) is 16.2. The predicted molar refractivity (Wildman–Crippen MR) is 106 cm³/mol. The molecule has 1 atom stereocenters. The third-order valence-electron chi connectivity index (χ3n) is 5.18. The van der Waals surface area contributed by atoms with Crippen molar-refractivity contribution in [2.24, 2.45) is 5.92 Å². The number of pyridine rings is 1. The fourth-order valence-corrected chi connectivity index (χ4v) is 3.52. The maximum Gasteiger partial charge on any atom is 0.268 e. The van der Waals surface area contributed by atoms with Gasteiger partial charge in [-0.3, -0.25) is 19.5 Å². The molecule has 1 saturated carbocycles. The highest BCUT2D eigenvalue weighted by Gasteiger charge is 2.39. The highest BCUT2D eigenvalue weighted by molar-refractivity contribution is 6.04. The van der Waals surface area contributed by atoms with Gasteiger partial charge < -0.3 is 9.64 Å². The Morgan fingerprint density at radius 2 is 1.96 bits per heavy atom. The first-order valence-electron chi connectivity index (χ1n) is 9.81. The normalized spacial score (nSPS) is 18.6. The van der Waals surface area contributed by atoms with Crippen molar-refractivity contribution < 1.29 is 14.3 Å². The Hall–Kier alpha value is -2.89. The zero-order chi connectivity index (χ0) is 19.7. The summed E-state index contributed by atoms with van der Waals surface area (Å²) in [6, 6.07) is 13.4. The van der Waals surface area contributed by atoms with E-state index >= 15 is 0 Å². The van der Waals surface area contributed by atoms with Crippen LogP contribution in [0.1, 0.15) is 32.4 Å². The number of fused-ring (bicyclic) bond motifs is 1. The Labute approximate surface area is 165 Å². The minimum Gasteiger partial charge on any atom is -0.478 e. The molecule has 1 aliphatic heterocycles. The molecule has 1 aliphatic carbocycles. The summed E-state index contributed by atoms with van der Waals surface area (Å²) in [5.74, 6) is 0.458. The topological polar surface area (TPSA) is 62.7 Å². The molecule has 0 radical (unpaired) electrons. The summed E-state index contributed by atoms with van der Waals surface area (Å²) >= 11 is 0. The second kappa shape index (κ2) is 7.62. The number of benzene rings is 1. The standard InChI is InChI=1S/C22H25N3O3/c1-15(2)21-22(27)25(18-8-3-4-9-19(18)28-21)14-20(26)24(17-10-11-17)13-16-7-5-6-12-23-16/h3-9,12,15,17,21H,10-11,13-14H2,1-2H3/t21-/m1/s1. The van der Waals surface area contributed by atoms with Gasteiger partial charge in [-0.15, -0.1) is 0 Å². The highest BCUT2D eigenvalue weighted by atomic mass is 16.5. The molecule has 4 rings (SSSR count). The predicted octanol–water partition coefficient (Wildman–Crippen LogP) is 3.02. The molecule has 6 nitrogen and oxygen atoms in total. The summed E-state index contributed by atoms with van der Waals surface area (Å²) in [7, 11) is 0. The molecular weight excluding hydrogens is 354 g/mol. The van der Waals surface area contributed by atoms with Crippen LogP contribution in [-0.4, -0.2) is 40.4 Å². The fraction of sp³-hybridized carbons (Fsp3) is 0.409. The maximum atomic E-state index is 13.2. The van der Waals surface area contributed by atoms with Crippen molar-refractivity contribution in [2.75, 3.05) is 11.4 Å². The number of hydrogen-bond acceptors (Lipinski definition) is 4. The molecule has 2 aliphatic rings. The third kappa shape index (κ3) is 3.72. The molecule has 0 bridgehead atoms. The van der Waals surface area contributed by atoms with E-state index in [0.717, 1.165) is 18.5 Å². The van der Waals surface area contributed by atoms with Gasteiger partial charge in [0.15, 0.2) is 6.10 Å². The van der Waals surface area contributed by atoms with E-state index in [4.69, 9.17) is 4.74 Å². The Bertz CT molecular complexity index is 864. The van der Waals surface area contributed by atoms with E-state index in [1.807, 2.05) is 61.2 Å². The monoisotopic (exact) mass is 379 g/mol. The molecule has 2 amide bonds. The number of anilines is 1. The number of para-hydroxylation sites is 2. The summed E-state index contributed by atoms with van der Waals surface area (Å²) in [5, 5.41) is 0. The molecule has 0 saturated heterocycles. The molecule has 0 N–H and O–H groups in total. The molecule has 1 aromatic heterocycles. The summed E-state index contributed by atoms with van der Waals surface area (Å²) in [4.78, 5) is 34.0. The van der Waals surface area contributed by atoms with Crippen LogP contribution in [0.3, 0.4) is 0 Å². The third-order valence-corrected chi connectivity index (χ3v) is 5.18. The van der Waals surface area contributed by atoms with Crippen molar-refractivity contribution in [1.29, 1.82) is 0 Å². The highest BCUT2D eigenvalue weighted by Crippen LogP contribution is 2.36. The molecule has 146 valence electrons. The van der Waals surface area contributed by atoms with Crippen LogP contribution < -0.4 is 9.64 Å². The van der Waals surface area contributed by atoms with Crippen molar-refractivity contribution in [3.63, 3.8) is 0 Å². The van der Waals surface area contributed by atoms with Crippen LogP contribution in [0.5, 0.6) is 5.75 Å². The number of amides is 2. The van der Waals surface area contributed by atoms with Gasteiger partial charge in [0.2, 0.25) is 5.91 Å². The van der Waals surface area contributed by atoms with E-state index in [1.165, 1.54) is 0 Å². The summed E-state index contributed by atoms with van der Waals surface area (Å²) in [5.41, 5.74) is 1.52. The van der Waals surface area contributed by atoms with Gasteiger partial charge >= 0.3 is 0 Å². The molecule has 28 heavy (non-hydrogen) atoms. The number of ether oxygens (including phenoxy) is 1. The lowest BCUT2D eigenvalue weighted by Crippen LogP contribution is -2.52. The number of nitrogens with zero attached hydrogens (tertiary/aromatic N) is 3. The average Bonchev–Trinajstić information content (AvgIpc) is 3.53. The van der Waals surface area contributed by atoms with E-state index in [0.29, 0.717) is 18.0 Å². The van der Waals surface area contributed by atoms with E-state index < -0.39 is 6.10 Å². The number of carbonyl (C=O) groups excluding carboxylic acids is 2. The molecule has 1 aromatic carbocycles. The SMILES string of the molecule is CC(C)[C@H]1Oc2ccccc2N(CC(=O)N(Cc2ccccn2)C2CC2)C1=O. The number of carbonyl (C=O) groups is 2. The molecular formula is C22H25N3O3. The van der Waals surface area contributed by atoms with Gasteiger partial charge in [0.05, 0.1) is 17.9 Å². The van der Waals surface area contributed by atoms with E-state index in [9.17, 15) is 9.59 Å². The van der Waals surface area contributed by atoms with E-state index in [-0.39, 0.29) is 30.3 Å². The molecule has 2 heterocycles. The van der Waals surface area contributed by atoms with Crippen molar-refractivity contribution in [3.8, 4) is 5.75 Å². The van der Waals surface area contributed by atoms with Crippen LogP contribution >= 0.6 is 0 Å². The first kappa shape index (κ1) is 18.5.